The van der Waals surface area contributed by atoms with Gasteiger partial charge in [-0.25, -0.2) is 4.98 Å². The molecule has 0 bridgehead atoms. The van der Waals surface area contributed by atoms with Gasteiger partial charge >= 0.3 is 0 Å². The van der Waals surface area contributed by atoms with Crippen molar-refractivity contribution in [2.45, 2.75) is 26.3 Å². The van der Waals surface area contributed by atoms with Crippen LogP contribution in [0.2, 0.25) is 0 Å². The molecule has 2 heterocycles. The normalized spacial score (nSPS) is 21.0. The van der Waals surface area contributed by atoms with Crippen LogP contribution in [0.15, 0.2) is 0 Å². The molecule has 0 spiro atoms. The van der Waals surface area contributed by atoms with E-state index >= 15 is 0 Å². The van der Waals surface area contributed by atoms with E-state index in [1.54, 1.807) is 0 Å². The smallest absolute Gasteiger partial charge is 0.245 e. The minimum atomic E-state index is 0.551. The van der Waals surface area contributed by atoms with Crippen molar-refractivity contribution in [1.29, 1.82) is 0 Å². The Morgan fingerprint density at radius 2 is 2.07 bits per heavy atom. The quantitative estimate of drug-likeness (QED) is 0.755. The molecule has 0 amide bonds. The van der Waals surface area contributed by atoms with Crippen molar-refractivity contribution < 1.29 is 0 Å². The van der Waals surface area contributed by atoms with Crippen LogP contribution in [0, 0.1) is 13.8 Å². The van der Waals surface area contributed by atoms with E-state index in [-0.39, 0.29) is 0 Å². The average Bonchev–Trinajstić information content (AvgIpc) is 2.70. The molecule has 0 saturated carbocycles. The van der Waals surface area contributed by atoms with E-state index in [0.29, 0.717) is 6.04 Å². The van der Waals surface area contributed by atoms with Gasteiger partial charge in [0.15, 0.2) is 0 Å². The summed E-state index contributed by atoms with van der Waals surface area (Å²) in [5, 5.41) is 11.5. The predicted molar refractivity (Wildman–Crippen MR) is 59.0 cm³/mol. The molecule has 1 aromatic rings. The van der Waals surface area contributed by atoms with Crippen LogP contribution in [0.25, 0.3) is 0 Å². The van der Waals surface area contributed by atoms with Crippen molar-refractivity contribution >= 4 is 5.95 Å². The van der Waals surface area contributed by atoms with Crippen LogP contribution in [0.4, 0.5) is 5.95 Å². The largest absolute Gasteiger partial charge is 0.338 e. The summed E-state index contributed by atoms with van der Waals surface area (Å²) in [7, 11) is 1.99. The van der Waals surface area contributed by atoms with E-state index < -0.39 is 0 Å². The summed E-state index contributed by atoms with van der Waals surface area (Å²) < 4.78 is 0. The van der Waals surface area contributed by atoms with Crippen LogP contribution in [-0.2, 0) is 0 Å². The first-order valence-electron chi connectivity index (χ1n) is 5.31. The Bertz CT molecular complexity index is 352. The molecular weight excluding hydrogens is 190 g/mol. The molecule has 5 nitrogen and oxygen atoms in total. The Labute approximate surface area is 89.9 Å². The number of rotatable bonds is 2. The van der Waals surface area contributed by atoms with Gasteiger partial charge in [-0.3, -0.25) is 0 Å². The van der Waals surface area contributed by atoms with Crippen molar-refractivity contribution in [3.8, 4) is 0 Å². The zero-order valence-electron chi connectivity index (χ0n) is 9.49. The Morgan fingerprint density at radius 1 is 1.27 bits per heavy atom. The standard InChI is InChI=1S/C10H17N5/c1-7-8(2)13-14-10(12-7)15-5-4-9(6-15)11-3/h9,11H,4-6H2,1-3H3. The zero-order valence-corrected chi connectivity index (χ0v) is 9.49. The molecule has 1 aliphatic rings. The highest BCUT2D eigenvalue weighted by Crippen LogP contribution is 2.15. The topological polar surface area (TPSA) is 53.9 Å². The molecule has 1 N–H and O–H groups in total. The molecule has 1 aliphatic heterocycles. The third-order valence-corrected chi connectivity index (χ3v) is 2.96. The van der Waals surface area contributed by atoms with Crippen LogP contribution in [-0.4, -0.2) is 41.4 Å². The minimum absolute atomic E-state index is 0.551. The van der Waals surface area contributed by atoms with Crippen molar-refractivity contribution in [3.63, 3.8) is 0 Å². The fourth-order valence-corrected chi connectivity index (χ4v) is 1.76. The zero-order chi connectivity index (χ0) is 10.8. The first-order chi connectivity index (χ1) is 7.20. The highest BCUT2D eigenvalue weighted by Gasteiger charge is 2.23. The molecule has 0 aromatic carbocycles. The van der Waals surface area contributed by atoms with E-state index in [1.807, 2.05) is 20.9 Å². The van der Waals surface area contributed by atoms with Gasteiger partial charge in [0.25, 0.3) is 0 Å². The van der Waals surface area contributed by atoms with E-state index in [4.69, 9.17) is 0 Å². The van der Waals surface area contributed by atoms with Gasteiger partial charge in [0.05, 0.1) is 11.4 Å². The van der Waals surface area contributed by atoms with Crippen molar-refractivity contribution in [2.75, 3.05) is 25.0 Å². The van der Waals surface area contributed by atoms with Gasteiger partial charge in [-0.2, -0.15) is 5.10 Å². The number of nitrogens with zero attached hydrogens (tertiary/aromatic N) is 4. The Balaban J connectivity index is 2.13. The van der Waals surface area contributed by atoms with E-state index in [2.05, 4.69) is 25.4 Å². The maximum absolute atomic E-state index is 4.45. The third-order valence-electron chi connectivity index (χ3n) is 2.96. The summed E-state index contributed by atoms with van der Waals surface area (Å²) in [5.74, 6) is 0.760. The Morgan fingerprint density at radius 3 is 2.67 bits per heavy atom. The lowest BCUT2D eigenvalue weighted by molar-refractivity contribution is 0.615. The van der Waals surface area contributed by atoms with Gasteiger partial charge < -0.3 is 10.2 Å². The first kappa shape index (κ1) is 10.3. The third kappa shape index (κ3) is 2.07. The number of likely N-dealkylation sites (N-methyl/N-ethyl adjacent to an activating group) is 1. The van der Waals surface area contributed by atoms with Gasteiger partial charge in [-0.05, 0) is 27.3 Å². The average molecular weight is 207 g/mol. The lowest BCUT2D eigenvalue weighted by Gasteiger charge is -2.15. The number of hydrogen-bond acceptors (Lipinski definition) is 5. The fourth-order valence-electron chi connectivity index (χ4n) is 1.76. The van der Waals surface area contributed by atoms with Gasteiger partial charge in [0.1, 0.15) is 0 Å². The number of aryl methyl sites for hydroxylation is 2. The second-order valence-electron chi connectivity index (χ2n) is 4.00. The molecular formula is C10H17N5. The highest BCUT2D eigenvalue weighted by molar-refractivity contribution is 5.32. The SMILES string of the molecule is CNC1CCN(c2nnc(C)c(C)n2)C1. The fraction of sp³-hybridized carbons (Fsp3) is 0.700. The molecule has 1 unspecified atom stereocenters. The van der Waals surface area contributed by atoms with Gasteiger partial charge in [-0.15, -0.1) is 5.10 Å². The Hall–Kier alpha value is -1.23. The van der Waals surface area contributed by atoms with Crippen LogP contribution in [0.5, 0.6) is 0 Å². The second kappa shape index (κ2) is 4.10. The summed E-state index contributed by atoms with van der Waals surface area (Å²) in [5.41, 5.74) is 1.87. The number of anilines is 1. The van der Waals surface area contributed by atoms with Gasteiger partial charge in [0, 0.05) is 19.1 Å². The lowest BCUT2D eigenvalue weighted by atomic mass is 10.3. The van der Waals surface area contributed by atoms with Crippen LogP contribution >= 0.6 is 0 Å². The molecule has 15 heavy (non-hydrogen) atoms. The predicted octanol–water partition coefficient (Wildman–Crippen LogP) is 0.287. The van der Waals surface area contributed by atoms with Crippen LogP contribution in [0.1, 0.15) is 17.8 Å². The highest BCUT2D eigenvalue weighted by atomic mass is 15.3. The van der Waals surface area contributed by atoms with Crippen LogP contribution < -0.4 is 10.2 Å². The second-order valence-corrected chi connectivity index (χ2v) is 4.00. The summed E-state index contributed by atoms with van der Waals surface area (Å²) >= 11 is 0. The molecule has 2 rings (SSSR count). The van der Waals surface area contributed by atoms with Crippen molar-refractivity contribution in [3.05, 3.63) is 11.4 Å². The molecule has 1 aromatic heterocycles. The molecule has 1 fully saturated rings. The van der Waals surface area contributed by atoms with E-state index in [1.165, 1.54) is 0 Å². The number of hydrogen-bond donors (Lipinski definition) is 1. The molecule has 5 heteroatoms. The van der Waals surface area contributed by atoms with Crippen LogP contribution in [0.3, 0.4) is 0 Å². The van der Waals surface area contributed by atoms with E-state index in [9.17, 15) is 0 Å². The molecule has 0 aliphatic carbocycles. The summed E-state index contributed by atoms with van der Waals surface area (Å²) in [4.78, 5) is 6.63. The minimum Gasteiger partial charge on any atom is -0.338 e. The van der Waals surface area contributed by atoms with Crippen molar-refractivity contribution in [2.24, 2.45) is 0 Å². The number of nitrogens with one attached hydrogen (secondary N) is 1. The Kier molecular flexibility index (Phi) is 2.81. The van der Waals surface area contributed by atoms with Gasteiger partial charge in [0.2, 0.25) is 5.95 Å². The molecule has 82 valence electrons. The maximum Gasteiger partial charge on any atom is 0.245 e. The summed E-state index contributed by atoms with van der Waals surface area (Å²) in [6.07, 6.45) is 1.15. The molecule has 1 atom stereocenters. The molecule has 0 radical (unpaired) electrons. The van der Waals surface area contributed by atoms with Gasteiger partial charge in [-0.1, -0.05) is 0 Å². The van der Waals surface area contributed by atoms with Crippen molar-refractivity contribution in [1.82, 2.24) is 20.5 Å². The lowest BCUT2D eigenvalue weighted by Crippen LogP contribution is -2.30. The monoisotopic (exact) mass is 207 g/mol. The van der Waals surface area contributed by atoms with E-state index in [0.717, 1.165) is 36.8 Å². The maximum atomic E-state index is 4.45. The summed E-state index contributed by atoms with van der Waals surface area (Å²) in [6, 6.07) is 0.551. The molecule has 1 saturated heterocycles. The number of aromatic nitrogens is 3. The first-order valence-corrected chi connectivity index (χ1v) is 5.31. The summed E-state index contributed by atoms with van der Waals surface area (Å²) in [6.45, 7) is 5.88.